The van der Waals surface area contributed by atoms with E-state index in [1.807, 2.05) is 38.1 Å². The van der Waals surface area contributed by atoms with Crippen LogP contribution in [-0.2, 0) is 0 Å². The lowest BCUT2D eigenvalue weighted by atomic mass is 10.2. The number of anilines is 2. The number of aromatic nitrogens is 2. The number of nitrogen functional groups attached to an aromatic ring is 1. The van der Waals surface area contributed by atoms with E-state index in [2.05, 4.69) is 15.3 Å². The molecule has 0 aromatic carbocycles. The predicted octanol–water partition coefficient (Wildman–Crippen LogP) is 2.54. The van der Waals surface area contributed by atoms with Crippen LogP contribution in [0.2, 0.25) is 0 Å². The van der Waals surface area contributed by atoms with Gasteiger partial charge in [0.05, 0.1) is 17.4 Å². The average Bonchev–Trinajstić information content (AvgIpc) is 2.34. The molecule has 2 rings (SSSR count). The molecule has 88 valence electrons. The third-order valence-corrected chi connectivity index (χ3v) is 2.54. The van der Waals surface area contributed by atoms with Crippen molar-refractivity contribution in [2.24, 2.45) is 0 Å². The predicted molar refractivity (Wildman–Crippen MR) is 69.7 cm³/mol. The third kappa shape index (κ3) is 2.72. The Kier molecular flexibility index (Phi) is 3.23. The van der Waals surface area contributed by atoms with Gasteiger partial charge in [-0.15, -0.1) is 0 Å². The zero-order valence-corrected chi connectivity index (χ0v) is 10.0. The Bertz CT molecular complexity index is 496. The van der Waals surface area contributed by atoms with Gasteiger partial charge in [-0.2, -0.15) is 0 Å². The Labute approximate surface area is 101 Å². The summed E-state index contributed by atoms with van der Waals surface area (Å²) in [4.78, 5) is 8.57. The highest BCUT2D eigenvalue weighted by Gasteiger charge is 2.08. The van der Waals surface area contributed by atoms with E-state index in [9.17, 15) is 0 Å². The quantitative estimate of drug-likeness (QED) is 0.847. The van der Waals surface area contributed by atoms with Crippen LogP contribution in [0.4, 0.5) is 11.5 Å². The standard InChI is InChI=1S/C13H16N4/c1-9-7-11(14)13(16-8-9)17-10(2)12-5-3-4-6-15-12/h3-8,10H,14H2,1-2H3,(H,16,17). The number of nitrogens with zero attached hydrogens (tertiary/aromatic N) is 2. The van der Waals surface area contributed by atoms with Crippen molar-refractivity contribution >= 4 is 11.5 Å². The van der Waals surface area contributed by atoms with Crippen LogP contribution in [0.25, 0.3) is 0 Å². The molecule has 17 heavy (non-hydrogen) atoms. The monoisotopic (exact) mass is 228 g/mol. The van der Waals surface area contributed by atoms with Crippen LogP contribution in [0, 0.1) is 6.92 Å². The fraction of sp³-hybridized carbons (Fsp3) is 0.231. The number of aryl methyl sites for hydroxylation is 1. The normalized spacial score (nSPS) is 12.1. The lowest BCUT2D eigenvalue weighted by Gasteiger charge is -2.15. The summed E-state index contributed by atoms with van der Waals surface area (Å²) in [6.07, 6.45) is 3.57. The summed E-state index contributed by atoms with van der Waals surface area (Å²) in [5, 5.41) is 3.26. The van der Waals surface area contributed by atoms with Gasteiger partial charge in [-0.1, -0.05) is 6.07 Å². The molecular weight excluding hydrogens is 212 g/mol. The number of hydrogen-bond donors (Lipinski definition) is 2. The number of hydrogen-bond acceptors (Lipinski definition) is 4. The minimum atomic E-state index is 0.0775. The van der Waals surface area contributed by atoms with Crippen LogP contribution in [-0.4, -0.2) is 9.97 Å². The molecule has 0 spiro atoms. The van der Waals surface area contributed by atoms with Gasteiger partial charge >= 0.3 is 0 Å². The summed E-state index contributed by atoms with van der Waals surface area (Å²) in [7, 11) is 0. The van der Waals surface area contributed by atoms with Gasteiger partial charge in [0.2, 0.25) is 0 Å². The van der Waals surface area contributed by atoms with Crippen LogP contribution >= 0.6 is 0 Å². The maximum atomic E-state index is 5.90. The highest BCUT2D eigenvalue weighted by molar-refractivity contribution is 5.62. The first-order valence-corrected chi connectivity index (χ1v) is 5.56. The molecule has 2 aromatic heterocycles. The second-order valence-corrected chi connectivity index (χ2v) is 4.07. The van der Waals surface area contributed by atoms with E-state index < -0.39 is 0 Å². The van der Waals surface area contributed by atoms with Gasteiger partial charge in [0.15, 0.2) is 0 Å². The minimum absolute atomic E-state index is 0.0775. The van der Waals surface area contributed by atoms with Gasteiger partial charge in [-0.25, -0.2) is 4.98 Å². The van der Waals surface area contributed by atoms with E-state index in [-0.39, 0.29) is 6.04 Å². The fourth-order valence-electron chi connectivity index (χ4n) is 1.62. The molecule has 0 aliphatic rings. The minimum Gasteiger partial charge on any atom is -0.396 e. The molecule has 4 heteroatoms. The van der Waals surface area contributed by atoms with Crippen molar-refractivity contribution in [2.75, 3.05) is 11.1 Å². The lowest BCUT2D eigenvalue weighted by molar-refractivity contribution is 0.832. The average molecular weight is 228 g/mol. The summed E-state index contributed by atoms with van der Waals surface area (Å²) >= 11 is 0. The highest BCUT2D eigenvalue weighted by Crippen LogP contribution is 2.21. The molecule has 0 saturated heterocycles. The van der Waals surface area contributed by atoms with E-state index in [0.29, 0.717) is 11.5 Å². The van der Waals surface area contributed by atoms with Gasteiger partial charge in [0.25, 0.3) is 0 Å². The second kappa shape index (κ2) is 4.82. The van der Waals surface area contributed by atoms with E-state index >= 15 is 0 Å². The first-order valence-electron chi connectivity index (χ1n) is 5.56. The molecule has 0 radical (unpaired) electrons. The van der Waals surface area contributed by atoms with Crippen molar-refractivity contribution in [3.05, 3.63) is 47.9 Å². The molecule has 2 aromatic rings. The molecule has 0 aliphatic heterocycles. The Morgan fingerprint density at radius 2 is 2.12 bits per heavy atom. The largest absolute Gasteiger partial charge is 0.396 e. The van der Waals surface area contributed by atoms with Gasteiger partial charge < -0.3 is 11.1 Å². The lowest BCUT2D eigenvalue weighted by Crippen LogP contribution is -2.11. The molecule has 4 nitrogen and oxygen atoms in total. The van der Waals surface area contributed by atoms with E-state index in [1.165, 1.54) is 0 Å². The molecular formula is C13H16N4. The van der Waals surface area contributed by atoms with Gasteiger partial charge in [0.1, 0.15) is 5.82 Å². The van der Waals surface area contributed by atoms with Crippen LogP contribution in [0.15, 0.2) is 36.7 Å². The number of rotatable bonds is 3. The van der Waals surface area contributed by atoms with Crippen LogP contribution < -0.4 is 11.1 Å². The second-order valence-electron chi connectivity index (χ2n) is 4.07. The van der Waals surface area contributed by atoms with Crippen molar-refractivity contribution in [1.29, 1.82) is 0 Å². The summed E-state index contributed by atoms with van der Waals surface area (Å²) < 4.78 is 0. The van der Waals surface area contributed by atoms with Crippen molar-refractivity contribution in [2.45, 2.75) is 19.9 Å². The number of pyridine rings is 2. The van der Waals surface area contributed by atoms with Gasteiger partial charge in [-0.05, 0) is 37.6 Å². The maximum absolute atomic E-state index is 5.90. The smallest absolute Gasteiger partial charge is 0.149 e. The molecule has 0 aliphatic carbocycles. The summed E-state index contributed by atoms with van der Waals surface area (Å²) in [5.41, 5.74) is 8.58. The fourth-order valence-corrected chi connectivity index (χ4v) is 1.62. The zero-order valence-electron chi connectivity index (χ0n) is 10.0. The first-order chi connectivity index (χ1) is 8.16. The van der Waals surface area contributed by atoms with E-state index in [1.54, 1.807) is 12.4 Å². The zero-order chi connectivity index (χ0) is 12.3. The molecule has 3 N–H and O–H groups in total. The van der Waals surface area contributed by atoms with Crippen molar-refractivity contribution in [3.8, 4) is 0 Å². The summed E-state index contributed by atoms with van der Waals surface area (Å²) in [5.74, 6) is 0.703. The van der Waals surface area contributed by atoms with Crippen LogP contribution in [0.3, 0.4) is 0 Å². The molecule has 0 bridgehead atoms. The van der Waals surface area contributed by atoms with Crippen molar-refractivity contribution in [3.63, 3.8) is 0 Å². The molecule has 0 amide bonds. The molecule has 1 unspecified atom stereocenters. The van der Waals surface area contributed by atoms with Gasteiger partial charge in [-0.3, -0.25) is 4.98 Å². The first kappa shape index (κ1) is 11.4. The van der Waals surface area contributed by atoms with E-state index in [4.69, 9.17) is 5.73 Å². The van der Waals surface area contributed by atoms with Gasteiger partial charge in [0, 0.05) is 12.4 Å². The Hall–Kier alpha value is -2.10. The van der Waals surface area contributed by atoms with Crippen LogP contribution in [0.1, 0.15) is 24.2 Å². The maximum Gasteiger partial charge on any atom is 0.149 e. The SMILES string of the molecule is Cc1cnc(NC(C)c2ccccn2)c(N)c1. The summed E-state index contributed by atoms with van der Waals surface area (Å²) in [6, 6.07) is 7.82. The topological polar surface area (TPSA) is 63.8 Å². The Balaban J connectivity index is 2.16. The highest BCUT2D eigenvalue weighted by atomic mass is 15.0. The Morgan fingerprint density at radius 3 is 2.76 bits per heavy atom. The van der Waals surface area contributed by atoms with Crippen molar-refractivity contribution in [1.82, 2.24) is 9.97 Å². The Morgan fingerprint density at radius 1 is 1.29 bits per heavy atom. The van der Waals surface area contributed by atoms with Crippen molar-refractivity contribution < 1.29 is 0 Å². The van der Waals surface area contributed by atoms with Crippen LogP contribution in [0.5, 0.6) is 0 Å². The summed E-state index contributed by atoms with van der Waals surface area (Å²) in [6.45, 7) is 4.00. The molecule has 1 atom stereocenters. The number of nitrogens with two attached hydrogens (primary N) is 1. The molecule has 2 heterocycles. The van der Waals surface area contributed by atoms with E-state index in [0.717, 1.165) is 11.3 Å². The third-order valence-electron chi connectivity index (χ3n) is 2.54. The number of nitrogens with one attached hydrogen (secondary N) is 1. The molecule has 0 fully saturated rings. The molecule has 0 saturated carbocycles.